The van der Waals surface area contributed by atoms with Gasteiger partial charge in [0.1, 0.15) is 0 Å². The third-order valence-electron chi connectivity index (χ3n) is 4.32. The number of hydrogen-bond donors (Lipinski definition) is 1. The van der Waals surface area contributed by atoms with E-state index in [4.69, 9.17) is 9.97 Å². The molecule has 1 aromatic carbocycles. The van der Waals surface area contributed by atoms with Crippen molar-refractivity contribution in [1.29, 1.82) is 0 Å². The molecule has 0 aliphatic carbocycles. The summed E-state index contributed by atoms with van der Waals surface area (Å²) in [7, 11) is 0. The fourth-order valence-corrected chi connectivity index (χ4v) is 4.78. The van der Waals surface area contributed by atoms with Crippen LogP contribution in [-0.4, -0.2) is 20.7 Å². The molecule has 4 nitrogen and oxygen atoms in total. The second kappa shape index (κ2) is 9.85. The van der Waals surface area contributed by atoms with E-state index in [1.807, 2.05) is 18.2 Å². The Morgan fingerprint density at radius 2 is 2.07 bits per heavy atom. The number of H-pyrrole nitrogens is 1. The Hall–Kier alpha value is -1.92. The van der Waals surface area contributed by atoms with Gasteiger partial charge in [0.15, 0.2) is 5.16 Å². The monoisotopic (exact) mass is 399 g/mol. The Bertz CT molecular complexity index is 928. The second-order valence-corrected chi connectivity index (χ2v) is 8.65. The number of unbranched alkanes of at least 4 members (excludes halogenated alkanes) is 3. The first-order valence-corrected chi connectivity index (χ1v) is 11.2. The molecule has 142 valence electrons. The van der Waals surface area contributed by atoms with Gasteiger partial charge in [0.25, 0.3) is 5.56 Å². The van der Waals surface area contributed by atoms with Gasteiger partial charge in [-0.25, -0.2) is 9.97 Å². The lowest BCUT2D eigenvalue weighted by molar-refractivity contribution is 0.705. The highest BCUT2D eigenvalue weighted by atomic mass is 32.2. The topological polar surface area (TPSA) is 58.6 Å². The molecule has 0 aliphatic heterocycles. The highest BCUT2D eigenvalue weighted by Crippen LogP contribution is 2.24. The summed E-state index contributed by atoms with van der Waals surface area (Å²) < 4.78 is 1.16. The molecule has 0 saturated heterocycles. The van der Waals surface area contributed by atoms with Gasteiger partial charge in [0, 0.05) is 17.7 Å². The second-order valence-electron chi connectivity index (χ2n) is 6.45. The fourth-order valence-electron chi connectivity index (χ4n) is 2.93. The smallest absolute Gasteiger partial charge is 0.255 e. The van der Waals surface area contributed by atoms with Gasteiger partial charge < -0.3 is 4.98 Å². The van der Waals surface area contributed by atoms with Crippen LogP contribution in [-0.2, 0) is 12.8 Å². The van der Waals surface area contributed by atoms with Crippen LogP contribution in [0.25, 0.3) is 10.2 Å². The summed E-state index contributed by atoms with van der Waals surface area (Å²) in [4.78, 5) is 25.0. The van der Waals surface area contributed by atoms with Gasteiger partial charge in [-0.3, -0.25) is 4.79 Å². The van der Waals surface area contributed by atoms with E-state index in [-0.39, 0.29) is 5.56 Å². The summed E-state index contributed by atoms with van der Waals surface area (Å²) in [6, 6.07) is 8.10. The predicted octanol–water partition coefficient (Wildman–Crippen LogP) is 5.37. The van der Waals surface area contributed by atoms with E-state index < -0.39 is 0 Å². The zero-order valence-corrected chi connectivity index (χ0v) is 17.3. The van der Waals surface area contributed by atoms with Crippen LogP contribution in [0.5, 0.6) is 0 Å². The molecule has 27 heavy (non-hydrogen) atoms. The molecule has 0 aliphatic rings. The average Bonchev–Trinajstić information content (AvgIpc) is 3.06. The molecule has 0 saturated carbocycles. The normalized spacial score (nSPS) is 11.1. The van der Waals surface area contributed by atoms with Gasteiger partial charge in [-0.15, -0.1) is 17.9 Å². The molecule has 0 fully saturated rings. The van der Waals surface area contributed by atoms with Gasteiger partial charge in [-0.05, 0) is 25.0 Å². The van der Waals surface area contributed by atoms with E-state index >= 15 is 0 Å². The minimum absolute atomic E-state index is 0.0583. The van der Waals surface area contributed by atoms with Crippen molar-refractivity contribution < 1.29 is 0 Å². The zero-order valence-electron chi connectivity index (χ0n) is 15.7. The third-order valence-corrected chi connectivity index (χ3v) is 6.32. The summed E-state index contributed by atoms with van der Waals surface area (Å²) >= 11 is 3.29. The molecule has 1 N–H and O–H groups in total. The van der Waals surface area contributed by atoms with Crippen molar-refractivity contribution in [2.75, 3.05) is 5.75 Å². The number of para-hydroxylation sites is 1. The molecular weight excluding hydrogens is 374 g/mol. The predicted molar refractivity (Wildman–Crippen MR) is 116 cm³/mol. The van der Waals surface area contributed by atoms with E-state index in [0.29, 0.717) is 23.6 Å². The maximum atomic E-state index is 12.6. The minimum atomic E-state index is -0.0583. The van der Waals surface area contributed by atoms with Crippen LogP contribution in [0.1, 0.15) is 48.9 Å². The number of allylic oxidation sites excluding steroid dienone is 1. The lowest BCUT2D eigenvalue weighted by Crippen LogP contribution is -2.18. The molecule has 3 aromatic rings. The van der Waals surface area contributed by atoms with Crippen molar-refractivity contribution in [1.82, 2.24) is 15.0 Å². The number of aromatic amines is 1. The molecule has 3 rings (SSSR count). The van der Waals surface area contributed by atoms with E-state index in [1.165, 1.54) is 19.3 Å². The Morgan fingerprint density at radius 3 is 2.85 bits per heavy atom. The van der Waals surface area contributed by atoms with E-state index in [9.17, 15) is 4.79 Å². The number of rotatable bonds is 10. The first kappa shape index (κ1) is 19.8. The number of aromatic nitrogens is 3. The van der Waals surface area contributed by atoms with Crippen LogP contribution in [0, 0.1) is 0 Å². The molecule has 2 aromatic heterocycles. The highest BCUT2D eigenvalue weighted by molar-refractivity contribution is 7.99. The quantitative estimate of drug-likeness (QED) is 0.215. The van der Waals surface area contributed by atoms with Gasteiger partial charge >= 0.3 is 0 Å². The van der Waals surface area contributed by atoms with Crippen molar-refractivity contribution in [3.63, 3.8) is 0 Å². The number of thioether (sulfide) groups is 1. The van der Waals surface area contributed by atoms with Crippen molar-refractivity contribution in [3.8, 4) is 0 Å². The largest absolute Gasteiger partial charge is 0.301 e. The third kappa shape index (κ3) is 5.30. The number of nitrogens with zero attached hydrogens (tertiary/aromatic N) is 2. The molecule has 0 amide bonds. The van der Waals surface area contributed by atoms with Gasteiger partial charge in [0.2, 0.25) is 0 Å². The maximum absolute atomic E-state index is 12.6. The van der Waals surface area contributed by atoms with Crippen molar-refractivity contribution in [2.24, 2.45) is 0 Å². The molecule has 0 radical (unpaired) electrons. The summed E-state index contributed by atoms with van der Waals surface area (Å²) in [6.45, 7) is 5.99. The van der Waals surface area contributed by atoms with Crippen LogP contribution in [0.4, 0.5) is 0 Å². The van der Waals surface area contributed by atoms with Crippen molar-refractivity contribution in [2.45, 2.75) is 50.6 Å². The number of benzene rings is 1. The Kier molecular flexibility index (Phi) is 7.24. The minimum Gasteiger partial charge on any atom is -0.301 e. The highest BCUT2D eigenvalue weighted by Gasteiger charge is 2.14. The summed E-state index contributed by atoms with van der Waals surface area (Å²) in [5.74, 6) is 0.977. The standard InChI is InChI=1S/C21H25N3OS2/c1-3-5-6-9-13-26-21-23-17(15(10-4-2)20(25)24-21)14-19-22-16-11-7-8-12-18(16)27-19/h4,7-8,11-12H,2-3,5-6,9-10,13-14H2,1H3,(H,23,24,25). The SMILES string of the molecule is C=CCc1c(Cc2nc3ccccc3s2)nc(SCCCCCC)[nH]c1=O. The first-order valence-electron chi connectivity index (χ1n) is 9.41. The molecule has 6 heteroatoms. The Morgan fingerprint density at radius 1 is 1.22 bits per heavy atom. The van der Waals surface area contributed by atoms with Crippen LogP contribution >= 0.6 is 23.1 Å². The molecule has 0 atom stereocenters. The maximum Gasteiger partial charge on any atom is 0.255 e. The number of nitrogens with one attached hydrogen (secondary N) is 1. The van der Waals surface area contributed by atoms with Gasteiger partial charge in [-0.2, -0.15) is 0 Å². The van der Waals surface area contributed by atoms with E-state index in [0.717, 1.165) is 33.1 Å². The number of hydrogen-bond acceptors (Lipinski definition) is 5. The van der Waals surface area contributed by atoms with Crippen LogP contribution in [0.3, 0.4) is 0 Å². The average molecular weight is 400 g/mol. The summed E-state index contributed by atoms with van der Waals surface area (Å²) in [5.41, 5.74) is 2.45. The van der Waals surface area contributed by atoms with Crippen LogP contribution < -0.4 is 5.56 Å². The van der Waals surface area contributed by atoms with E-state index in [2.05, 4.69) is 24.6 Å². The zero-order chi connectivity index (χ0) is 19.1. The fraction of sp³-hybridized carbons (Fsp3) is 0.381. The van der Waals surface area contributed by atoms with Gasteiger partial charge in [0.05, 0.1) is 20.9 Å². The molecule has 0 bridgehead atoms. The van der Waals surface area contributed by atoms with Crippen molar-refractivity contribution >= 4 is 33.3 Å². The first-order chi connectivity index (χ1) is 13.2. The Balaban J connectivity index is 1.82. The number of fused-ring (bicyclic) bond motifs is 1. The lowest BCUT2D eigenvalue weighted by Gasteiger charge is -2.08. The van der Waals surface area contributed by atoms with Crippen LogP contribution in [0.2, 0.25) is 0 Å². The van der Waals surface area contributed by atoms with E-state index in [1.54, 1.807) is 29.2 Å². The lowest BCUT2D eigenvalue weighted by atomic mass is 10.1. The molecule has 0 spiro atoms. The molecule has 0 unspecified atom stereocenters. The summed E-state index contributed by atoms with van der Waals surface area (Å²) in [5, 5.41) is 1.69. The Labute approximate surface area is 168 Å². The molecular formula is C21H25N3OS2. The number of thiazole rings is 1. The van der Waals surface area contributed by atoms with Gasteiger partial charge in [-0.1, -0.05) is 56.2 Å². The van der Waals surface area contributed by atoms with Crippen LogP contribution in [0.15, 0.2) is 46.9 Å². The molecule has 2 heterocycles. The summed E-state index contributed by atoms with van der Waals surface area (Å²) in [6.07, 6.45) is 7.70. The van der Waals surface area contributed by atoms with Crippen molar-refractivity contribution in [3.05, 3.63) is 63.5 Å².